The molecule has 1 heterocycles. The predicted molar refractivity (Wildman–Crippen MR) is 83.0 cm³/mol. The number of allylic oxidation sites excluding steroid dienone is 1. The minimum Gasteiger partial charge on any atom is -0.478 e. The molecule has 22 heavy (non-hydrogen) atoms. The van der Waals surface area contributed by atoms with Gasteiger partial charge in [-0.2, -0.15) is 0 Å². The van der Waals surface area contributed by atoms with Crippen LogP contribution in [0.3, 0.4) is 0 Å². The SMILES string of the molecule is O=C(/C=C/c1ccccc1C(=O)O)c1cc2ccccc2o1. The van der Waals surface area contributed by atoms with Gasteiger partial charge in [-0.25, -0.2) is 4.79 Å². The Kier molecular flexibility index (Phi) is 3.58. The van der Waals surface area contributed by atoms with Gasteiger partial charge >= 0.3 is 5.97 Å². The lowest BCUT2D eigenvalue weighted by Gasteiger charge is -1.99. The van der Waals surface area contributed by atoms with Crippen LogP contribution in [0, 0.1) is 0 Å². The molecule has 0 aliphatic carbocycles. The Balaban J connectivity index is 1.89. The summed E-state index contributed by atoms with van der Waals surface area (Å²) in [7, 11) is 0. The highest BCUT2D eigenvalue weighted by Gasteiger charge is 2.10. The Morgan fingerprint density at radius 3 is 2.50 bits per heavy atom. The number of carbonyl (C=O) groups excluding carboxylic acids is 1. The lowest BCUT2D eigenvalue weighted by molar-refractivity contribution is 0.0696. The molecule has 0 fully saturated rings. The van der Waals surface area contributed by atoms with Crippen LogP contribution in [-0.2, 0) is 0 Å². The fourth-order valence-corrected chi connectivity index (χ4v) is 2.19. The molecule has 0 amide bonds. The standard InChI is InChI=1S/C18H12O4/c19-15(17-11-13-6-2-4-8-16(13)22-17)10-9-12-5-1-3-7-14(12)18(20)21/h1-11H,(H,20,21)/b10-9+. The van der Waals surface area contributed by atoms with Crippen molar-refractivity contribution in [1.29, 1.82) is 0 Å². The molecule has 0 atom stereocenters. The second-order valence-electron chi connectivity index (χ2n) is 4.74. The Hall–Kier alpha value is -3.14. The third-order valence-corrected chi connectivity index (χ3v) is 3.27. The Bertz CT molecular complexity index is 854. The first-order valence-corrected chi connectivity index (χ1v) is 6.68. The van der Waals surface area contributed by atoms with E-state index in [0.29, 0.717) is 11.1 Å². The number of benzene rings is 2. The molecule has 2 aromatic carbocycles. The van der Waals surface area contributed by atoms with Crippen molar-refractivity contribution in [1.82, 2.24) is 0 Å². The van der Waals surface area contributed by atoms with Gasteiger partial charge in [0.1, 0.15) is 5.58 Å². The monoisotopic (exact) mass is 292 g/mol. The molecule has 1 aromatic heterocycles. The summed E-state index contributed by atoms with van der Waals surface area (Å²) in [6, 6.07) is 15.5. The minimum atomic E-state index is -1.03. The highest BCUT2D eigenvalue weighted by molar-refractivity contribution is 6.07. The average Bonchev–Trinajstić information content (AvgIpc) is 2.97. The van der Waals surface area contributed by atoms with Crippen LogP contribution in [0.1, 0.15) is 26.5 Å². The molecule has 0 spiro atoms. The summed E-state index contributed by atoms with van der Waals surface area (Å²) < 4.78 is 5.48. The predicted octanol–water partition coefficient (Wildman–Crippen LogP) is 4.03. The summed E-state index contributed by atoms with van der Waals surface area (Å²) in [4.78, 5) is 23.3. The van der Waals surface area contributed by atoms with E-state index >= 15 is 0 Å². The Morgan fingerprint density at radius 2 is 1.73 bits per heavy atom. The van der Waals surface area contributed by atoms with E-state index in [9.17, 15) is 9.59 Å². The van der Waals surface area contributed by atoms with Crippen molar-refractivity contribution in [3.63, 3.8) is 0 Å². The molecule has 4 heteroatoms. The maximum Gasteiger partial charge on any atom is 0.336 e. The van der Waals surface area contributed by atoms with E-state index in [1.165, 1.54) is 18.2 Å². The molecule has 0 bridgehead atoms. The molecule has 4 nitrogen and oxygen atoms in total. The number of carboxylic acids is 1. The van der Waals surface area contributed by atoms with E-state index < -0.39 is 5.97 Å². The van der Waals surface area contributed by atoms with Crippen molar-refractivity contribution in [3.05, 3.63) is 77.6 Å². The van der Waals surface area contributed by atoms with Crippen LogP contribution in [0.2, 0.25) is 0 Å². The minimum absolute atomic E-state index is 0.149. The number of furan rings is 1. The number of carboxylic acid groups (broad SMARTS) is 1. The number of ketones is 1. The quantitative estimate of drug-likeness (QED) is 0.582. The lowest BCUT2D eigenvalue weighted by Crippen LogP contribution is -1.99. The third-order valence-electron chi connectivity index (χ3n) is 3.27. The van der Waals surface area contributed by atoms with E-state index in [4.69, 9.17) is 9.52 Å². The topological polar surface area (TPSA) is 67.5 Å². The fourth-order valence-electron chi connectivity index (χ4n) is 2.19. The third kappa shape index (κ3) is 2.67. The van der Waals surface area contributed by atoms with Gasteiger partial charge in [-0.05, 0) is 29.8 Å². The summed E-state index contributed by atoms with van der Waals surface area (Å²) in [5.41, 5.74) is 1.26. The van der Waals surface area contributed by atoms with Crippen LogP contribution >= 0.6 is 0 Å². The van der Waals surface area contributed by atoms with Gasteiger partial charge in [-0.1, -0.05) is 42.5 Å². The van der Waals surface area contributed by atoms with Gasteiger partial charge in [0.15, 0.2) is 5.76 Å². The smallest absolute Gasteiger partial charge is 0.336 e. The van der Waals surface area contributed by atoms with Crippen molar-refractivity contribution < 1.29 is 19.1 Å². The van der Waals surface area contributed by atoms with E-state index in [-0.39, 0.29) is 17.1 Å². The zero-order chi connectivity index (χ0) is 15.5. The molecule has 108 valence electrons. The first kappa shape index (κ1) is 13.8. The van der Waals surface area contributed by atoms with Crippen LogP contribution in [0.15, 0.2) is 65.1 Å². The van der Waals surface area contributed by atoms with E-state index in [1.807, 2.05) is 18.2 Å². The second kappa shape index (κ2) is 5.69. The zero-order valence-electron chi connectivity index (χ0n) is 11.5. The second-order valence-corrected chi connectivity index (χ2v) is 4.74. The van der Waals surface area contributed by atoms with Gasteiger partial charge in [-0.3, -0.25) is 4.79 Å². The number of para-hydroxylation sites is 1. The van der Waals surface area contributed by atoms with Gasteiger partial charge in [0.25, 0.3) is 0 Å². The summed E-state index contributed by atoms with van der Waals surface area (Å²) in [6.45, 7) is 0. The molecule has 0 saturated carbocycles. The number of rotatable bonds is 4. The maximum atomic E-state index is 12.1. The normalized spacial score (nSPS) is 11.1. The molecule has 0 radical (unpaired) electrons. The number of carbonyl (C=O) groups is 2. The molecular weight excluding hydrogens is 280 g/mol. The summed E-state index contributed by atoms with van der Waals surface area (Å²) in [5, 5.41) is 9.96. The van der Waals surface area contributed by atoms with E-state index in [1.54, 1.807) is 30.3 Å². The molecule has 0 saturated heterocycles. The molecule has 3 aromatic rings. The largest absolute Gasteiger partial charge is 0.478 e. The van der Waals surface area contributed by atoms with Crippen LogP contribution in [-0.4, -0.2) is 16.9 Å². The van der Waals surface area contributed by atoms with Crippen LogP contribution in [0.25, 0.3) is 17.0 Å². The number of aromatic carboxylic acids is 1. The van der Waals surface area contributed by atoms with Crippen LogP contribution < -0.4 is 0 Å². The van der Waals surface area contributed by atoms with Crippen molar-refractivity contribution in [2.75, 3.05) is 0 Å². The maximum absolute atomic E-state index is 12.1. The van der Waals surface area contributed by atoms with Crippen molar-refractivity contribution in [2.24, 2.45) is 0 Å². The zero-order valence-corrected chi connectivity index (χ0v) is 11.5. The van der Waals surface area contributed by atoms with Gasteiger partial charge in [0, 0.05) is 5.39 Å². The number of hydrogen-bond acceptors (Lipinski definition) is 3. The molecule has 0 aliphatic heterocycles. The Labute approximate surface area is 126 Å². The van der Waals surface area contributed by atoms with Gasteiger partial charge < -0.3 is 9.52 Å². The average molecular weight is 292 g/mol. The summed E-state index contributed by atoms with van der Waals surface area (Å²) in [6.07, 6.45) is 2.80. The Morgan fingerprint density at radius 1 is 1.00 bits per heavy atom. The van der Waals surface area contributed by atoms with Crippen molar-refractivity contribution in [2.45, 2.75) is 0 Å². The first-order chi connectivity index (χ1) is 10.6. The van der Waals surface area contributed by atoms with Gasteiger partial charge in [-0.15, -0.1) is 0 Å². The molecule has 1 N–H and O–H groups in total. The molecule has 0 aliphatic rings. The molecule has 0 unspecified atom stereocenters. The van der Waals surface area contributed by atoms with Gasteiger partial charge in [0.05, 0.1) is 5.56 Å². The molecule has 3 rings (SSSR count). The van der Waals surface area contributed by atoms with Crippen molar-refractivity contribution >= 4 is 28.8 Å². The van der Waals surface area contributed by atoms with E-state index in [2.05, 4.69) is 0 Å². The fraction of sp³-hybridized carbons (Fsp3) is 0. The van der Waals surface area contributed by atoms with Crippen LogP contribution in [0.4, 0.5) is 0 Å². The van der Waals surface area contributed by atoms with E-state index in [0.717, 1.165) is 5.39 Å². The van der Waals surface area contributed by atoms with Crippen LogP contribution in [0.5, 0.6) is 0 Å². The number of hydrogen-bond donors (Lipinski definition) is 1. The summed E-state index contributed by atoms with van der Waals surface area (Å²) in [5.74, 6) is -1.11. The highest BCUT2D eigenvalue weighted by Crippen LogP contribution is 2.20. The lowest BCUT2D eigenvalue weighted by atomic mass is 10.1. The number of fused-ring (bicyclic) bond motifs is 1. The highest BCUT2D eigenvalue weighted by atomic mass is 16.4. The molecular formula is C18H12O4. The first-order valence-electron chi connectivity index (χ1n) is 6.68. The van der Waals surface area contributed by atoms with Crippen molar-refractivity contribution in [3.8, 4) is 0 Å². The van der Waals surface area contributed by atoms with Gasteiger partial charge in [0.2, 0.25) is 5.78 Å². The summed E-state index contributed by atoms with van der Waals surface area (Å²) >= 11 is 0.